The zero-order valence-electron chi connectivity index (χ0n) is 11.9. The summed E-state index contributed by atoms with van der Waals surface area (Å²) in [5.74, 6) is -0.0461. The van der Waals surface area contributed by atoms with Gasteiger partial charge in [-0.25, -0.2) is 13.6 Å². The van der Waals surface area contributed by atoms with Crippen LogP contribution in [-0.4, -0.2) is 14.3 Å². The molecule has 3 N–H and O–H groups in total. The molecule has 0 saturated heterocycles. The molecule has 1 amide bonds. The van der Waals surface area contributed by atoms with E-state index >= 15 is 0 Å². The van der Waals surface area contributed by atoms with E-state index in [1.165, 1.54) is 18.6 Å². The molecule has 7 heteroatoms. The molecule has 2 rings (SSSR count). The van der Waals surface area contributed by atoms with Gasteiger partial charge in [0.25, 0.3) is 0 Å². The minimum Gasteiger partial charge on any atom is -0.324 e. The molecule has 0 radical (unpaired) electrons. The molecule has 0 spiro atoms. The lowest BCUT2D eigenvalue weighted by Gasteiger charge is -2.21. The first-order chi connectivity index (χ1) is 9.79. The lowest BCUT2D eigenvalue weighted by Crippen LogP contribution is -2.25. The molecule has 1 aliphatic carbocycles. The topological polar surface area (TPSA) is 89.3 Å². The third-order valence-electron chi connectivity index (χ3n) is 3.81. The van der Waals surface area contributed by atoms with Gasteiger partial charge in [0.1, 0.15) is 0 Å². The number of carbonyl (C=O) groups is 1. The molecule has 1 aromatic carbocycles. The van der Waals surface area contributed by atoms with Gasteiger partial charge in [0.15, 0.2) is 0 Å². The zero-order valence-corrected chi connectivity index (χ0v) is 13.4. The lowest BCUT2D eigenvalue weighted by atomic mass is 9.88. The van der Waals surface area contributed by atoms with Crippen LogP contribution in [0, 0.1) is 12.8 Å². The van der Waals surface area contributed by atoms with E-state index in [0.29, 0.717) is 11.3 Å². The van der Waals surface area contributed by atoms with Crippen LogP contribution in [0.4, 0.5) is 5.69 Å². The standard InChI is InChI=1S/C14H19ClN2O3S/c1-9-7-11(21(16,19)20)8-12(15)13(9)17-14(18)10-5-3-2-4-6-10/h7-8,10H,2-6H2,1H3,(H,17,18)(H2,16,19,20). The maximum Gasteiger partial charge on any atom is 0.238 e. The maximum atomic E-state index is 12.2. The second-order valence-corrected chi connectivity index (χ2v) is 7.43. The number of sulfonamides is 1. The Morgan fingerprint density at radius 1 is 1.29 bits per heavy atom. The van der Waals surface area contributed by atoms with E-state index in [2.05, 4.69) is 5.32 Å². The molecule has 1 saturated carbocycles. The smallest absolute Gasteiger partial charge is 0.238 e. The summed E-state index contributed by atoms with van der Waals surface area (Å²) >= 11 is 6.09. The molecular formula is C14H19ClN2O3S. The van der Waals surface area contributed by atoms with Crippen LogP contribution in [0.5, 0.6) is 0 Å². The van der Waals surface area contributed by atoms with Crippen molar-refractivity contribution >= 4 is 33.2 Å². The van der Waals surface area contributed by atoms with E-state index in [1.807, 2.05) is 0 Å². The van der Waals surface area contributed by atoms with Crippen LogP contribution < -0.4 is 10.5 Å². The Labute approximate surface area is 129 Å². The highest BCUT2D eigenvalue weighted by Crippen LogP contribution is 2.31. The Hall–Kier alpha value is -1.11. The molecule has 0 aliphatic heterocycles. The van der Waals surface area contributed by atoms with Gasteiger partial charge in [-0.2, -0.15) is 0 Å². The van der Waals surface area contributed by atoms with E-state index in [1.54, 1.807) is 6.92 Å². The van der Waals surface area contributed by atoms with Gasteiger partial charge in [-0.1, -0.05) is 30.9 Å². The first-order valence-corrected chi connectivity index (χ1v) is 8.85. The largest absolute Gasteiger partial charge is 0.324 e. The summed E-state index contributed by atoms with van der Waals surface area (Å²) in [6.45, 7) is 1.69. The third-order valence-corrected chi connectivity index (χ3v) is 5.00. The van der Waals surface area contributed by atoms with Gasteiger partial charge < -0.3 is 5.32 Å². The fraction of sp³-hybridized carbons (Fsp3) is 0.500. The predicted octanol–water partition coefficient (Wildman–Crippen LogP) is 2.81. The molecule has 1 aliphatic rings. The number of hydrogen-bond acceptors (Lipinski definition) is 3. The second-order valence-electron chi connectivity index (χ2n) is 5.47. The van der Waals surface area contributed by atoms with Gasteiger partial charge in [-0.05, 0) is 37.5 Å². The molecule has 0 aromatic heterocycles. The average Bonchev–Trinajstić information content (AvgIpc) is 2.42. The Morgan fingerprint density at radius 2 is 1.90 bits per heavy atom. The molecule has 21 heavy (non-hydrogen) atoms. The minimum absolute atomic E-state index is 0.00661. The van der Waals surface area contributed by atoms with Crippen LogP contribution in [0.3, 0.4) is 0 Å². The number of nitrogens with one attached hydrogen (secondary N) is 1. The van der Waals surface area contributed by atoms with Gasteiger partial charge in [0.2, 0.25) is 15.9 Å². The number of carbonyl (C=O) groups excluding carboxylic acids is 1. The van der Waals surface area contributed by atoms with Crippen LogP contribution in [-0.2, 0) is 14.8 Å². The van der Waals surface area contributed by atoms with Crippen molar-refractivity contribution in [1.82, 2.24) is 0 Å². The van der Waals surface area contributed by atoms with E-state index in [-0.39, 0.29) is 21.7 Å². The molecule has 116 valence electrons. The van der Waals surface area contributed by atoms with E-state index < -0.39 is 10.0 Å². The summed E-state index contributed by atoms with van der Waals surface area (Å²) in [4.78, 5) is 12.2. The second kappa shape index (κ2) is 6.34. The third kappa shape index (κ3) is 3.96. The summed E-state index contributed by atoms with van der Waals surface area (Å²) in [6, 6.07) is 2.68. The minimum atomic E-state index is -3.81. The summed E-state index contributed by atoms with van der Waals surface area (Å²) in [5.41, 5.74) is 1.04. The summed E-state index contributed by atoms with van der Waals surface area (Å²) < 4.78 is 22.7. The van der Waals surface area contributed by atoms with Crippen molar-refractivity contribution in [1.29, 1.82) is 0 Å². The Kier molecular flexibility index (Phi) is 4.91. The molecule has 1 fully saturated rings. The van der Waals surface area contributed by atoms with Crippen molar-refractivity contribution in [2.24, 2.45) is 11.1 Å². The van der Waals surface area contributed by atoms with Crippen LogP contribution in [0.1, 0.15) is 37.7 Å². The van der Waals surface area contributed by atoms with E-state index in [4.69, 9.17) is 16.7 Å². The maximum absolute atomic E-state index is 12.2. The highest BCUT2D eigenvalue weighted by molar-refractivity contribution is 7.89. The highest BCUT2D eigenvalue weighted by Gasteiger charge is 2.23. The Morgan fingerprint density at radius 3 is 2.43 bits per heavy atom. The van der Waals surface area contributed by atoms with Gasteiger partial charge in [-0.3, -0.25) is 4.79 Å². The number of primary sulfonamides is 1. The summed E-state index contributed by atoms with van der Waals surface area (Å²) in [6.07, 6.45) is 5.08. The molecule has 0 heterocycles. The average molecular weight is 331 g/mol. The number of benzene rings is 1. The molecule has 0 atom stereocenters. The number of anilines is 1. The highest BCUT2D eigenvalue weighted by atomic mass is 35.5. The van der Waals surface area contributed by atoms with Crippen LogP contribution in [0.2, 0.25) is 5.02 Å². The Bertz CT molecular complexity index is 629. The number of hydrogen-bond donors (Lipinski definition) is 2. The van der Waals surface area contributed by atoms with Crippen molar-refractivity contribution in [3.8, 4) is 0 Å². The molecule has 1 aromatic rings. The quantitative estimate of drug-likeness (QED) is 0.893. The van der Waals surface area contributed by atoms with Gasteiger partial charge >= 0.3 is 0 Å². The van der Waals surface area contributed by atoms with Crippen LogP contribution in [0.25, 0.3) is 0 Å². The summed E-state index contributed by atoms with van der Waals surface area (Å²) in [7, 11) is -3.81. The fourth-order valence-electron chi connectivity index (χ4n) is 2.63. The normalized spacial score (nSPS) is 16.7. The van der Waals surface area contributed by atoms with Crippen molar-refractivity contribution in [2.45, 2.75) is 43.9 Å². The number of nitrogens with two attached hydrogens (primary N) is 1. The predicted molar refractivity (Wildman–Crippen MR) is 82.8 cm³/mol. The number of amides is 1. The van der Waals surface area contributed by atoms with Crippen molar-refractivity contribution in [3.05, 3.63) is 22.7 Å². The van der Waals surface area contributed by atoms with Crippen molar-refractivity contribution in [2.75, 3.05) is 5.32 Å². The van der Waals surface area contributed by atoms with Gasteiger partial charge in [0.05, 0.1) is 15.6 Å². The molecular weight excluding hydrogens is 312 g/mol. The Balaban J connectivity index is 2.22. The number of aryl methyl sites for hydroxylation is 1. The SMILES string of the molecule is Cc1cc(S(N)(=O)=O)cc(Cl)c1NC(=O)C1CCCCC1. The fourth-order valence-corrected chi connectivity index (χ4v) is 3.63. The van der Waals surface area contributed by atoms with E-state index in [9.17, 15) is 13.2 Å². The van der Waals surface area contributed by atoms with Gasteiger partial charge in [0, 0.05) is 5.92 Å². The zero-order chi connectivity index (χ0) is 15.6. The molecule has 0 unspecified atom stereocenters. The van der Waals surface area contributed by atoms with Gasteiger partial charge in [-0.15, -0.1) is 0 Å². The van der Waals surface area contributed by atoms with Crippen LogP contribution in [0.15, 0.2) is 17.0 Å². The van der Waals surface area contributed by atoms with Crippen molar-refractivity contribution < 1.29 is 13.2 Å². The number of halogens is 1. The molecule has 0 bridgehead atoms. The number of rotatable bonds is 3. The summed E-state index contributed by atoms with van der Waals surface area (Å²) in [5, 5.41) is 8.09. The molecule has 5 nitrogen and oxygen atoms in total. The lowest BCUT2D eigenvalue weighted by molar-refractivity contribution is -0.120. The van der Waals surface area contributed by atoms with Crippen molar-refractivity contribution in [3.63, 3.8) is 0 Å². The first-order valence-electron chi connectivity index (χ1n) is 6.93. The first kappa shape index (κ1) is 16.3. The van der Waals surface area contributed by atoms with Crippen LogP contribution >= 0.6 is 11.6 Å². The monoisotopic (exact) mass is 330 g/mol. The van der Waals surface area contributed by atoms with E-state index in [0.717, 1.165) is 25.7 Å².